The molecule has 0 spiro atoms. The molecule has 0 radical (unpaired) electrons. The highest BCUT2D eigenvalue weighted by Crippen LogP contribution is 2.33. The van der Waals surface area contributed by atoms with E-state index in [2.05, 4.69) is 39.8 Å². The Balaban J connectivity index is 1.30. The number of likely N-dealkylation sites (N-methyl/N-ethyl adjacent to an activating group) is 1. The van der Waals surface area contributed by atoms with Gasteiger partial charge in [-0.3, -0.25) is 14.5 Å². The minimum absolute atomic E-state index is 0.209. The van der Waals surface area contributed by atoms with E-state index < -0.39 is 6.04 Å². The van der Waals surface area contributed by atoms with Gasteiger partial charge in [0, 0.05) is 57.3 Å². The van der Waals surface area contributed by atoms with Gasteiger partial charge in [0.15, 0.2) is 0 Å². The van der Waals surface area contributed by atoms with Crippen LogP contribution in [0.15, 0.2) is 42.5 Å². The second-order valence-electron chi connectivity index (χ2n) is 9.33. The topological polar surface area (TPSA) is 100 Å². The third-order valence-corrected chi connectivity index (χ3v) is 6.89. The second-order valence-corrected chi connectivity index (χ2v) is 9.33. The van der Waals surface area contributed by atoms with Gasteiger partial charge in [-0.25, -0.2) is 0 Å². The first-order chi connectivity index (χ1) is 18.1. The standard InChI is InChI=1S/C28H36N4O5/c1-29-27(34)25(5-3-15-33)32-19-24-23(28(32)35)4-2-6-26(24)37-20-22-9-7-21(8-10-22)18-30-11-12-31-13-16-36-17-14-31/h2,4,6-10,15,25,30H,3,5,11-14,16-20H2,1H3,(H,29,34). The number of fused-ring (bicyclic) bond motifs is 1. The lowest BCUT2D eigenvalue weighted by Gasteiger charge is -2.26. The Morgan fingerprint density at radius 2 is 1.89 bits per heavy atom. The second kappa shape index (κ2) is 13.3. The fourth-order valence-electron chi connectivity index (χ4n) is 4.74. The molecule has 1 atom stereocenters. The lowest BCUT2D eigenvalue weighted by atomic mass is 10.1. The molecule has 9 heteroatoms. The molecule has 9 nitrogen and oxygen atoms in total. The van der Waals surface area contributed by atoms with Crippen molar-refractivity contribution in [2.45, 2.75) is 38.6 Å². The summed E-state index contributed by atoms with van der Waals surface area (Å²) in [6.07, 6.45) is 1.26. The molecule has 2 aliphatic rings. The number of carbonyl (C=O) groups is 3. The summed E-state index contributed by atoms with van der Waals surface area (Å²) in [5.74, 6) is 0.139. The van der Waals surface area contributed by atoms with Crippen molar-refractivity contribution in [3.05, 3.63) is 64.7 Å². The van der Waals surface area contributed by atoms with Gasteiger partial charge in [-0.15, -0.1) is 0 Å². The van der Waals surface area contributed by atoms with E-state index in [1.807, 2.05) is 6.07 Å². The summed E-state index contributed by atoms with van der Waals surface area (Å²) in [5.41, 5.74) is 3.55. The zero-order valence-electron chi connectivity index (χ0n) is 21.4. The van der Waals surface area contributed by atoms with E-state index >= 15 is 0 Å². The lowest BCUT2D eigenvalue weighted by molar-refractivity contribution is -0.125. The molecule has 0 aliphatic carbocycles. The third kappa shape index (κ3) is 6.94. The van der Waals surface area contributed by atoms with E-state index in [4.69, 9.17) is 9.47 Å². The Labute approximate surface area is 218 Å². The van der Waals surface area contributed by atoms with E-state index in [1.165, 1.54) is 17.5 Å². The van der Waals surface area contributed by atoms with Crippen LogP contribution in [0, 0.1) is 0 Å². The monoisotopic (exact) mass is 508 g/mol. The number of amides is 2. The van der Waals surface area contributed by atoms with Crippen LogP contribution in [0.4, 0.5) is 0 Å². The van der Waals surface area contributed by atoms with Crippen molar-refractivity contribution in [2.75, 3.05) is 46.4 Å². The number of hydrogen-bond acceptors (Lipinski definition) is 7. The zero-order valence-corrected chi connectivity index (χ0v) is 21.4. The number of benzene rings is 2. The van der Waals surface area contributed by atoms with Crippen molar-refractivity contribution >= 4 is 18.1 Å². The molecule has 2 aliphatic heterocycles. The van der Waals surface area contributed by atoms with Gasteiger partial charge in [-0.05, 0) is 29.7 Å². The van der Waals surface area contributed by atoms with E-state index in [-0.39, 0.29) is 31.2 Å². The molecule has 2 aromatic rings. The largest absolute Gasteiger partial charge is 0.489 e. The maximum Gasteiger partial charge on any atom is 0.255 e. The number of ether oxygens (including phenoxy) is 2. The van der Waals surface area contributed by atoms with Crippen LogP contribution in [0.3, 0.4) is 0 Å². The molecular formula is C28H36N4O5. The predicted molar refractivity (Wildman–Crippen MR) is 139 cm³/mol. The molecule has 4 rings (SSSR count). The molecule has 2 amide bonds. The first kappa shape index (κ1) is 26.8. The highest BCUT2D eigenvalue weighted by molar-refractivity contribution is 6.01. The summed E-state index contributed by atoms with van der Waals surface area (Å²) >= 11 is 0. The molecule has 0 bridgehead atoms. The van der Waals surface area contributed by atoms with Gasteiger partial charge in [0.05, 0.1) is 19.8 Å². The van der Waals surface area contributed by atoms with Crippen molar-refractivity contribution in [1.82, 2.24) is 20.4 Å². The van der Waals surface area contributed by atoms with Gasteiger partial charge in [0.1, 0.15) is 24.7 Å². The normalized spacial score (nSPS) is 16.4. The first-order valence-corrected chi connectivity index (χ1v) is 12.9. The average molecular weight is 509 g/mol. The Kier molecular flexibility index (Phi) is 9.65. The van der Waals surface area contributed by atoms with E-state index in [0.29, 0.717) is 17.9 Å². The smallest absolute Gasteiger partial charge is 0.255 e. The molecule has 198 valence electrons. The van der Waals surface area contributed by atoms with Crippen molar-refractivity contribution in [1.29, 1.82) is 0 Å². The lowest BCUT2D eigenvalue weighted by Crippen LogP contribution is -2.46. The Morgan fingerprint density at radius 1 is 1.14 bits per heavy atom. The molecule has 2 aromatic carbocycles. The van der Waals surface area contributed by atoms with Gasteiger partial charge in [-0.1, -0.05) is 30.3 Å². The molecule has 0 aromatic heterocycles. The minimum Gasteiger partial charge on any atom is -0.489 e. The van der Waals surface area contributed by atoms with Gasteiger partial charge in [-0.2, -0.15) is 0 Å². The molecule has 37 heavy (non-hydrogen) atoms. The molecule has 1 fully saturated rings. The van der Waals surface area contributed by atoms with Crippen molar-refractivity contribution < 1.29 is 23.9 Å². The van der Waals surface area contributed by atoms with Crippen LogP contribution in [0.25, 0.3) is 0 Å². The van der Waals surface area contributed by atoms with Crippen LogP contribution in [-0.4, -0.2) is 80.4 Å². The van der Waals surface area contributed by atoms with Crippen molar-refractivity contribution in [3.8, 4) is 5.75 Å². The maximum absolute atomic E-state index is 13.1. The summed E-state index contributed by atoms with van der Waals surface area (Å²) < 4.78 is 11.5. The Hall–Kier alpha value is -3.27. The van der Waals surface area contributed by atoms with Gasteiger partial charge in [0.25, 0.3) is 5.91 Å². The third-order valence-electron chi connectivity index (χ3n) is 6.89. The predicted octanol–water partition coefficient (Wildman–Crippen LogP) is 1.74. The van der Waals surface area contributed by atoms with Crippen LogP contribution < -0.4 is 15.4 Å². The number of aldehydes is 1. The number of carbonyl (C=O) groups excluding carboxylic acids is 3. The maximum atomic E-state index is 13.1. The summed E-state index contributed by atoms with van der Waals surface area (Å²) in [4.78, 5) is 40.3. The number of hydrogen-bond donors (Lipinski definition) is 2. The highest BCUT2D eigenvalue weighted by Gasteiger charge is 2.37. The van der Waals surface area contributed by atoms with Crippen molar-refractivity contribution in [2.24, 2.45) is 0 Å². The molecule has 2 heterocycles. The number of rotatable bonds is 13. The van der Waals surface area contributed by atoms with Crippen LogP contribution in [0.5, 0.6) is 5.75 Å². The molecule has 0 saturated carbocycles. The van der Waals surface area contributed by atoms with E-state index in [1.54, 1.807) is 12.1 Å². The summed E-state index contributed by atoms with van der Waals surface area (Å²) in [7, 11) is 1.53. The summed E-state index contributed by atoms with van der Waals surface area (Å²) in [5, 5.41) is 6.10. The highest BCUT2D eigenvalue weighted by atomic mass is 16.5. The Bertz CT molecular complexity index is 1070. The van der Waals surface area contributed by atoms with Gasteiger partial charge < -0.3 is 29.8 Å². The van der Waals surface area contributed by atoms with Crippen LogP contribution in [0.1, 0.15) is 39.9 Å². The van der Waals surface area contributed by atoms with Gasteiger partial charge in [0.2, 0.25) is 5.91 Å². The van der Waals surface area contributed by atoms with E-state index in [0.717, 1.165) is 63.4 Å². The molecule has 1 unspecified atom stereocenters. The zero-order chi connectivity index (χ0) is 26.0. The quantitative estimate of drug-likeness (QED) is 0.314. The average Bonchev–Trinajstić information content (AvgIpc) is 3.27. The Morgan fingerprint density at radius 3 is 2.62 bits per heavy atom. The fraction of sp³-hybridized carbons (Fsp3) is 0.464. The van der Waals surface area contributed by atoms with E-state index in [9.17, 15) is 14.4 Å². The van der Waals surface area contributed by atoms with Crippen LogP contribution in [0.2, 0.25) is 0 Å². The number of nitrogens with one attached hydrogen (secondary N) is 2. The van der Waals surface area contributed by atoms with Crippen molar-refractivity contribution in [3.63, 3.8) is 0 Å². The van der Waals surface area contributed by atoms with Gasteiger partial charge >= 0.3 is 0 Å². The molecule has 1 saturated heterocycles. The summed E-state index contributed by atoms with van der Waals surface area (Å²) in [6, 6.07) is 13.0. The first-order valence-electron chi connectivity index (χ1n) is 12.9. The van der Waals surface area contributed by atoms with Crippen LogP contribution >= 0.6 is 0 Å². The SMILES string of the molecule is CNC(=O)C(CCC=O)N1Cc2c(OCc3ccc(CNCCN4CCOCC4)cc3)cccc2C1=O. The fourth-order valence-corrected chi connectivity index (χ4v) is 4.74. The number of morpholine rings is 1. The van der Waals surface area contributed by atoms with Crippen LogP contribution in [-0.2, 0) is 34.0 Å². The molecule has 2 N–H and O–H groups in total. The summed E-state index contributed by atoms with van der Waals surface area (Å²) in [6.45, 7) is 7.07. The minimum atomic E-state index is -0.696. The number of nitrogens with zero attached hydrogens (tertiary/aromatic N) is 2. The molecular weight excluding hydrogens is 472 g/mol.